The lowest BCUT2D eigenvalue weighted by Gasteiger charge is -2.17. The lowest BCUT2D eigenvalue weighted by atomic mass is 9.94. The molecule has 82 valence electrons. The van der Waals surface area contributed by atoms with E-state index in [-0.39, 0.29) is 0 Å². The molecule has 16 heavy (non-hydrogen) atoms. The van der Waals surface area contributed by atoms with Crippen LogP contribution in [0.15, 0.2) is 18.2 Å². The Morgan fingerprint density at radius 3 is 2.88 bits per heavy atom. The Bertz CT molecular complexity index is 560. The Kier molecular flexibility index (Phi) is 2.36. The minimum atomic E-state index is 0.930. The summed E-state index contributed by atoms with van der Waals surface area (Å²) in [6.45, 7) is 2.09. The molecule has 1 aliphatic rings. The van der Waals surface area contributed by atoms with Crippen molar-refractivity contribution in [3.63, 3.8) is 0 Å². The van der Waals surface area contributed by atoms with Gasteiger partial charge < -0.3 is 0 Å². The monoisotopic (exact) mass is 231 g/mol. The number of nitrogens with zero attached hydrogens (tertiary/aromatic N) is 1. The van der Waals surface area contributed by atoms with Gasteiger partial charge in [0.15, 0.2) is 0 Å². The van der Waals surface area contributed by atoms with Crippen LogP contribution in [-0.4, -0.2) is 4.98 Å². The molecule has 0 bridgehead atoms. The highest BCUT2D eigenvalue weighted by Gasteiger charge is 2.16. The Balaban J connectivity index is 2.34. The van der Waals surface area contributed by atoms with Gasteiger partial charge in [-0.05, 0) is 49.8 Å². The van der Waals surface area contributed by atoms with Crippen LogP contribution in [0, 0.1) is 6.92 Å². The van der Waals surface area contributed by atoms with E-state index < -0.39 is 0 Å². The van der Waals surface area contributed by atoms with Crippen LogP contribution in [0.5, 0.6) is 0 Å². The quantitative estimate of drug-likeness (QED) is 0.666. The molecule has 0 spiro atoms. The zero-order valence-electron chi connectivity index (χ0n) is 9.39. The number of rotatable bonds is 0. The van der Waals surface area contributed by atoms with Crippen molar-refractivity contribution in [1.82, 2.24) is 4.98 Å². The third kappa shape index (κ3) is 1.51. The maximum atomic E-state index is 6.47. The first-order chi connectivity index (χ1) is 7.75. The minimum Gasteiger partial charge on any atom is -0.252 e. The predicted molar refractivity (Wildman–Crippen MR) is 68.1 cm³/mol. The van der Waals surface area contributed by atoms with E-state index in [0.717, 1.165) is 28.8 Å². The van der Waals surface area contributed by atoms with Crippen LogP contribution in [-0.2, 0) is 12.8 Å². The zero-order valence-corrected chi connectivity index (χ0v) is 10.1. The summed E-state index contributed by atoms with van der Waals surface area (Å²) in [6, 6.07) is 6.32. The van der Waals surface area contributed by atoms with E-state index in [1.807, 2.05) is 0 Å². The first-order valence-electron chi connectivity index (χ1n) is 5.83. The fourth-order valence-corrected chi connectivity index (χ4v) is 2.84. The number of benzene rings is 1. The molecule has 0 radical (unpaired) electrons. The fraction of sp³-hybridized carbons (Fsp3) is 0.357. The summed E-state index contributed by atoms with van der Waals surface area (Å²) in [5.41, 5.74) is 4.79. The molecule has 0 unspecified atom stereocenters. The number of pyridine rings is 1. The van der Waals surface area contributed by atoms with Crippen molar-refractivity contribution in [2.24, 2.45) is 0 Å². The topological polar surface area (TPSA) is 12.9 Å². The second-order valence-electron chi connectivity index (χ2n) is 4.58. The molecule has 1 aliphatic carbocycles. The van der Waals surface area contributed by atoms with Gasteiger partial charge in [0.05, 0.1) is 10.5 Å². The molecular weight excluding hydrogens is 218 g/mol. The van der Waals surface area contributed by atoms with Gasteiger partial charge in [-0.25, -0.2) is 0 Å². The van der Waals surface area contributed by atoms with E-state index in [4.69, 9.17) is 16.6 Å². The van der Waals surface area contributed by atoms with Crippen molar-refractivity contribution in [1.29, 1.82) is 0 Å². The third-order valence-corrected chi connectivity index (χ3v) is 3.78. The smallest absolute Gasteiger partial charge is 0.0723 e. The van der Waals surface area contributed by atoms with Crippen LogP contribution in [0.25, 0.3) is 10.9 Å². The van der Waals surface area contributed by atoms with Crippen molar-refractivity contribution in [2.75, 3.05) is 0 Å². The Morgan fingerprint density at radius 2 is 2.00 bits per heavy atom. The molecule has 0 N–H and O–H groups in total. The molecule has 0 fully saturated rings. The lowest BCUT2D eigenvalue weighted by molar-refractivity contribution is 0.671. The van der Waals surface area contributed by atoms with Crippen molar-refractivity contribution in [2.45, 2.75) is 32.6 Å². The van der Waals surface area contributed by atoms with Crippen LogP contribution in [0.3, 0.4) is 0 Å². The molecule has 0 amide bonds. The number of aromatic nitrogens is 1. The Labute approximate surface area is 100 Å². The molecule has 1 nitrogen and oxygen atoms in total. The molecule has 1 aromatic carbocycles. The van der Waals surface area contributed by atoms with Gasteiger partial charge in [-0.2, -0.15) is 0 Å². The highest BCUT2D eigenvalue weighted by atomic mass is 35.5. The predicted octanol–water partition coefficient (Wildman–Crippen LogP) is 4.08. The number of aryl methyl sites for hydroxylation is 2. The van der Waals surface area contributed by atoms with Crippen molar-refractivity contribution < 1.29 is 0 Å². The summed E-state index contributed by atoms with van der Waals surface area (Å²) < 4.78 is 0. The number of hydrogen-bond acceptors (Lipinski definition) is 1. The van der Waals surface area contributed by atoms with Gasteiger partial charge in [-0.3, -0.25) is 4.98 Å². The molecule has 0 saturated heterocycles. The maximum absolute atomic E-state index is 6.47. The van der Waals surface area contributed by atoms with Crippen molar-refractivity contribution in [3.8, 4) is 0 Å². The molecule has 1 aromatic heterocycles. The summed E-state index contributed by atoms with van der Waals surface area (Å²) in [6.07, 6.45) is 4.66. The van der Waals surface area contributed by atoms with Crippen LogP contribution >= 0.6 is 11.6 Å². The number of hydrogen-bond donors (Lipinski definition) is 0. The molecule has 2 aromatic rings. The van der Waals surface area contributed by atoms with Gasteiger partial charge >= 0.3 is 0 Å². The first kappa shape index (κ1) is 10.1. The van der Waals surface area contributed by atoms with Gasteiger partial charge in [0.2, 0.25) is 0 Å². The second kappa shape index (κ2) is 3.74. The summed E-state index contributed by atoms with van der Waals surface area (Å²) >= 11 is 6.47. The Hall–Kier alpha value is -1.08. The van der Waals surface area contributed by atoms with Crippen LogP contribution in [0.1, 0.15) is 29.7 Å². The van der Waals surface area contributed by atoms with Gasteiger partial charge in [0.25, 0.3) is 0 Å². The van der Waals surface area contributed by atoms with Gasteiger partial charge in [-0.15, -0.1) is 0 Å². The molecular formula is C14H14ClN. The lowest BCUT2D eigenvalue weighted by Crippen LogP contribution is -2.06. The standard InChI is InChI=1S/C14H14ClN/c1-9-6-7-11-13(8-9)16-12-5-3-2-4-10(12)14(11)15/h6-8H,2-5H2,1H3. The summed E-state index contributed by atoms with van der Waals surface area (Å²) in [5, 5.41) is 2.03. The summed E-state index contributed by atoms with van der Waals surface area (Å²) in [4.78, 5) is 4.75. The normalized spacial score (nSPS) is 15.1. The van der Waals surface area contributed by atoms with E-state index in [1.54, 1.807) is 0 Å². The maximum Gasteiger partial charge on any atom is 0.0723 e. The van der Waals surface area contributed by atoms with Crippen molar-refractivity contribution in [3.05, 3.63) is 40.0 Å². The minimum absolute atomic E-state index is 0.930. The zero-order chi connectivity index (χ0) is 11.1. The van der Waals surface area contributed by atoms with Crippen LogP contribution < -0.4 is 0 Å². The highest BCUT2D eigenvalue weighted by Crippen LogP contribution is 2.32. The molecule has 3 rings (SSSR count). The average Bonchev–Trinajstić information content (AvgIpc) is 2.29. The third-order valence-electron chi connectivity index (χ3n) is 3.35. The van der Waals surface area contributed by atoms with E-state index in [2.05, 4.69) is 25.1 Å². The molecule has 2 heteroatoms. The largest absolute Gasteiger partial charge is 0.252 e. The number of fused-ring (bicyclic) bond motifs is 2. The molecule has 0 atom stereocenters. The van der Waals surface area contributed by atoms with Gasteiger partial charge in [-0.1, -0.05) is 23.7 Å². The SMILES string of the molecule is Cc1ccc2c(Cl)c3c(nc2c1)CCCC3. The van der Waals surface area contributed by atoms with Crippen LogP contribution in [0.4, 0.5) is 0 Å². The number of halogens is 1. The highest BCUT2D eigenvalue weighted by molar-refractivity contribution is 6.36. The average molecular weight is 232 g/mol. The molecule has 1 heterocycles. The second-order valence-corrected chi connectivity index (χ2v) is 4.96. The van der Waals surface area contributed by atoms with E-state index in [0.29, 0.717) is 0 Å². The summed E-state index contributed by atoms with van der Waals surface area (Å²) in [7, 11) is 0. The van der Waals surface area contributed by atoms with Gasteiger partial charge in [0.1, 0.15) is 0 Å². The van der Waals surface area contributed by atoms with Crippen LogP contribution in [0.2, 0.25) is 5.02 Å². The summed E-state index contributed by atoms with van der Waals surface area (Å²) in [5.74, 6) is 0. The van der Waals surface area contributed by atoms with Gasteiger partial charge in [0, 0.05) is 11.1 Å². The van der Waals surface area contributed by atoms with E-state index >= 15 is 0 Å². The Morgan fingerprint density at radius 1 is 1.19 bits per heavy atom. The fourth-order valence-electron chi connectivity index (χ4n) is 2.48. The van der Waals surface area contributed by atoms with E-state index in [9.17, 15) is 0 Å². The molecule has 0 saturated carbocycles. The molecule has 0 aliphatic heterocycles. The van der Waals surface area contributed by atoms with Crippen molar-refractivity contribution >= 4 is 22.5 Å². The first-order valence-corrected chi connectivity index (χ1v) is 6.21. The van der Waals surface area contributed by atoms with E-state index in [1.165, 1.54) is 29.7 Å².